The normalized spacial score (nSPS) is 19.3. The summed E-state index contributed by atoms with van der Waals surface area (Å²) in [6.45, 7) is 3.77. The Morgan fingerprint density at radius 2 is 2.53 bits per heavy atom. The third kappa shape index (κ3) is 3.06. The van der Waals surface area contributed by atoms with Crippen molar-refractivity contribution in [3.63, 3.8) is 0 Å². The lowest BCUT2D eigenvalue weighted by atomic mass is 10.2. The van der Waals surface area contributed by atoms with E-state index in [4.69, 9.17) is 4.74 Å². The van der Waals surface area contributed by atoms with Crippen molar-refractivity contribution in [1.82, 2.24) is 15.3 Å². The predicted molar refractivity (Wildman–Crippen MR) is 78.2 cm³/mol. The molecule has 0 radical (unpaired) electrons. The maximum atomic E-state index is 12.0. The molecule has 0 bridgehead atoms. The van der Waals surface area contributed by atoms with E-state index < -0.39 is 6.04 Å². The molecule has 1 aliphatic rings. The highest BCUT2D eigenvalue weighted by Gasteiger charge is 2.31. The van der Waals surface area contributed by atoms with Crippen LogP contribution < -0.4 is 15.8 Å². The molecule has 1 atom stereocenters. The Hall–Kier alpha value is -1.16. The van der Waals surface area contributed by atoms with Crippen LogP contribution in [0.2, 0.25) is 0 Å². The van der Waals surface area contributed by atoms with Crippen LogP contribution in [0.5, 0.6) is 0 Å². The molecule has 2 heterocycles. The summed E-state index contributed by atoms with van der Waals surface area (Å²) < 4.78 is 5.84. The van der Waals surface area contributed by atoms with E-state index in [1.165, 1.54) is 6.33 Å². The molecule has 1 unspecified atom stereocenters. The summed E-state index contributed by atoms with van der Waals surface area (Å²) in [7, 11) is 0. The fraction of sp³-hybridized carbons (Fsp3) is 0.545. The topological polar surface area (TPSA) is 87.3 Å². The van der Waals surface area contributed by atoms with Gasteiger partial charge in [-0.05, 0) is 29.5 Å². The maximum absolute atomic E-state index is 12.0. The second kappa shape index (κ2) is 6.33. The van der Waals surface area contributed by atoms with Gasteiger partial charge in [0.05, 0.1) is 19.5 Å². The smallest absolute Gasteiger partial charge is 0.266 e. The first kappa shape index (κ1) is 14.3. The van der Waals surface area contributed by atoms with Gasteiger partial charge in [-0.15, -0.1) is 0 Å². The Morgan fingerprint density at radius 1 is 1.74 bits per heavy atom. The van der Waals surface area contributed by atoms with Crippen LogP contribution in [0.4, 0.5) is 5.82 Å². The van der Waals surface area contributed by atoms with Gasteiger partial charge >= 0.3 is 0 Å². The van der Waals surface area contributed by atoms with Gasteiger partial charge in [0.2, 0.25) is 5.91 Å². The van der Waals surface area contributed by atoms with E-state index in [2.05, 4.69) is 15.3 Å². The number of likely N-dealkylation sites (N-methyl/N-ethyl adjacent to an activating group) is 1. The molecule has 1 amide bonds. The minimum atomic E-state index is -0.448. The number of carbonyl (C=O) groups excluding carboxylic acids is 1. The van der Waals surface area contributed by atoms with Crippen LogP contribution in [0.25, 0.3) is 0 Å². The Bertz CT molecular complexity index is 519. The summed E-state index contributed by atoms with van der Waals surface area (Å²) in [5.74, 6) is 0.420. The number of morpholine rings is 1. The Labute approximate surface area is 123 Å². The van der Waals surface area contributed by atoms with E-state index in [0.717, 1.165) is 0 Å². The molecule has 8 heteroatoms. The molecule has 104 valence electrons. The molecule has 2 rings (SSSR count). The summed E-state index contributed by atoms with van der Waals surface area (Å²) in [4.78, 5) is 32.2. The van der Waals surface area contributed by atoms with Crippen LogP contribution in [-0.4, -0.2) is 48.2 Å². The average molecular weight is 378 g/mol. The number of rotatable bonds is 3. The van der Waals surface area contributed by atoms with Crippen molar-refractivity contribution in [3.8, 4) is 0 Å². The minimum Gasteiger partial charge on any atom is -0.377 e. The molecule has 1 fully saturated rings. The van der Waals surface area contributed by atoms with Gasteiger partial charge in [-0.1, -0.05) is 0 Å². The number of hydrogen-bond acceptors (Lipinski definition) is 5. The molecule has 7 nitrogen and oxygen atoms in total. The van der Waals surface area contributed by atoms with E-state index in [1.54, 1.807) is 0 Å². The van der Waals surface area contributed by atoms with Crippen LogP contribution in [0.3, 0.4) is 0 Å². The highest BCUT2D eigenvalue weighted by atomic mass is 127. The van der Waals surface area contributed by atoms with Crippen molar-refractivity contribution in [2.24, 2.45) is 0 Å². The van der Waals surface area contributed by atoms with Gasteiger partial charge in [0.15, 0.2) is 0 Å². The van der Waals surface area contributed by atoms with Gasteiger partial charge in [0.25, 0.3) is 5.56 Å². The van der Waals surface area contributed by atoms with Gasteiger partial charge in [-0.2, -0.15) is 0 Å². The molecule has 1 saturated heterocycles. The summed E-state index contributed by atoms with van der Waals surface area (Å²) >= 11 is 1.94. The van der Waals surface area contributed by atoms with E-state index in [-0.39, 0.29) is 11.5 Å². The zero-order valence-corrected chi connectivity index (χ0v) is 12.6. The maximum Gasteiger partial charge on any atom is 0.266 e. The van der Waals surface area contributed by atoms with Crippen LogP contribution in [0.1, 0.15) is 6.92 Å². The highest BCUT2D eigenvalue weighted by molar-refractivity contribution is 14.1. The molecule has 19 heavy (non-hydrogen) atoms. The lowest BCUT2D eigenvalue weighted by molar-refractivity contribution is -0.124. The lowest BCUT2D eigenvalue weighted by Gasteiger charge is -2.35. The number of halogens is 1. The fourth-order valence-corrected chi connectivity index (χ4v) is 2.55. The SMILES string of the molecule is CCNC(=O)C1COCCN1c1nc[nH]c(=O)c1I. The quantitative estimate of drug-likeness (QED) is 0.707. The van der Waals surface area contributed by atoms with Gasteiger partial charge in [0, 0.05) is 13.1 Å². The van der Waals surface area contributed by atoms with E-state index in [0.29, 0.717) is 35.7 Å². The van der Waals surface area contributed by atoms with Gasteiger partial charge in [0.1, 0.15) is 15.4 Å². The zero-order valence-electron chi connectivity index (χ0n) is 10.5. The summed E-state index contributed by atoms with van der Waals surface area (Å²) in [5.41, 5.74) is -0.202. The number of nitrogens with one attached hydrogen (secondary N) is 2. The molecular formula is C11H15IN4O3. The number of carbonyl (C=O) groups is 1. The Morgan fingerprint density at radius 3 is 3.26 bits per heavy atom. The molecule has 0 saturated carbocycles. The summed E-state index contributed by atoms with van der Waals surface area (Å²) in [6, 6.07) is -0.448. The minimum absolute atomic E-state index is 0.111. The van der Waals surface area contributed by atoms with Gasteiger partial charge < -0.3 is 19.9 Å². The number of H-pyrrole nitrogens is 1. The third-order valence-corrected chi connectivity index (χ3v) is 3.80. The standard InChI is InChI=1S/C11H15IN4O3/c1-2-13-10(17)7-5-19-4-3-16(7)9-8(12)11(18)15-6-14-9/h6-7H,2-5H2,1H3,(H,13,17)(H,14,15,18). The van der Waals surface area contributed by atoms with E-state index in [1.807, 2.05) is 34.4 Å². The first-order chi connectivity index (χ1) is 9.15. The second-order valence-corrected chi connectivity index (χ2v) is 5.13. The molecule has 1 aromatic heterocycles. The van der Waals surface area contributed by atoms with Crippen molar-refractivity contribution in [3.05, 3.63) is 20.3 Å². The number of amides is 1. The average Bonchev–Trinajstić information content (AvgIpc) is 2.42. The summed E-state index contributed by atoms with van der Waals surface area (Å²) in [5, 5.41) is 2.77. The van der Waals surface area contributed by atoms with Crippen molar-refractivity contribution in [2.45, 2.75) is 13.0 Å². The van der Waals surface area contributed by atoms with Crippen molar-refractivity contribution in [1.29, 1.82) is 0 Å². The van der Waals surface area contributed by atoms with Crippen molar-refractivity contribution in [2.75, 3.05) is 31.2 Å². The largest absolute Gasteiger partial charge is 0.377 e. The summed E-state index contributed by atoms with van der Waals surface area (Å²) in [6.07, 6.45) is 1.35. The number of ether oxygens (including phenoxy) is 1. The number of aromatic amines is 1. The van der Waals surface area contributed by atoms with Crippen LogP contribution in [-0.2, 0) is 9.53 Å². The first-order valence-corrected chi connectivity index (χ1v) is 7.08. The third-order valence-electron chi connectivity index (χ3n) is 2.83. The molecule has 0 aliphatic carbocycles. The fourth-order valence-electron chi connectivity index (χ4n) is 1.94. The van der Waals surface area contributed by atoms with E-state index in [9.17, 15) is 9.59 Å². The molecule has 1 aliphatic heterocycles. The number of anilines is 1. The van der Waals surface area contributed by atoms with Crippen LogP contribution in [0, 0.1) is 3.57 Å². The van der Waals surface area contributed by atoms with E-state index >= 15 is 0 Å². The second-order valence-electron chi connectivity index (χ2n) is 4.05. The van der Waals surface area contributed by atoms with Gasteiger partial charge in [-0.3, -0.25) is 9.59 Å². The zero-order chi connectivity index (χ0) is 13.8. The molecule has 2 N–H and O–H groups in total. The number of nitrogens with zero attached hydrogens (tertiary/aromatic N) is 2. The number of aromatic nitrogens is 2. The van der Waals surface area contributed by atoms with Crippen molar-refractivity contribution < 1.29 is 9.53 Å². The van der Waals surface area contributed by atoms with Crippen LogP contribution in [0.15, 0.2) is 11.1 Å². The number of hydrogen-bond donors (Lipinski definition) is 2. The van der Waals surface area contributed by atoms with Crippen LogP contribution >= 0.6 is 22.6 Å². The Balaban J connectivity index is 2.31. The molecular weight excluding hydrogens is 363 g/mol. The first-order valence-electron chi connectivity index (χ1n) is 6.00. The molecule has 0 spiro atoms. The van der Waals surface area contributed by atoms with Gasteiger partial charge in [-0.25, -0.2) is 4.98 Å². The molecule has 0 aromatic carbocycles. The molecule has 1 aromatic rings. The lowest BCUT2D eigenvalue weighted by Crippen LogP contribution is -2.54. The predicted octanol–water partition coefficient (Wildman–Crippen LogP) is -0.284. The Kier molecular flexibility index (Phi) is 4.75. The van der Waals surface area contributed by atoms with Crippen molar-refractivity contribution >= 4 is 34.3 Å². The monoisotopic (exact) mass is 378 g/mol. The highest BCUT2D eigenvalue weighted by Crippen LogP contribution is 2.20.